The van der Waals surface area contributed by atoms with E-state index in [2.05, 4.69) is 34.1 Å². The highest BCUT2D eigenvalue weighted by atomic mass is 28.4. The maximum absolute atomic E-state index is 5.85. The molecule has 0 saturated heterocycles. The summed E-state index contributed by atoms with van der Waals surface area (Å²) in [5.74, 6) is 0.994. The second-order valence-electron chi connectivity index (χ2n) is 5.18. The second kappa shape index (κ2) is 29.5. The highest BCUT2D eigenvalue weighted by Gasteiger charge is 2.40. The smallest absolute Gasteiger partial charge is 0.464 e. The molecule has 0 fully saturated rings. The monoisotopic (exact) mass is 515 g/mol. The van der Waals surface area contributed by atoms with Crippen molar-refractivity contribution in [1.29, 1.82) is 0 Å². The standard InChI is InChI=1S/C16H33N5O4Si.8CH4/c1-7-21(8-2)15-18-14(19-16(20-15)22-9-3)17-13-26(23-10-4,24-11-5)25-12-6;;;;;;;;/h7-13H2,1-6H3,(H,17,18,19,20);8*1H4. The fourth-order valence-electron chi connectivity index (χ4n) is 2.39. The van der Waals surface area contributed by atoms with Crippen LogP contribution in [0.15, 0.2) is 0 Å². The van der Waals surface area contributed by atoms with Crippen molar-refractivity contribution in [2.75, 3.05) is 55.9 Å². The third-order valence-electron chi connectivity index (χ3n) is 3.48. The van der Waals surface area contributed by atoms with Crippen LogP contribution >= 0.6 is 0 Å². The molecular formula is C24H65N5O4Si. The Balaban J connectivity index is -0.000000141. The van der Waals surface area contributed by atoms with Gasteiger partial charge in [-0.15, -0.1) is 0 Å². The van der Waals surface area contributed by atoms with Crippen LogP contribution in [0.25, 0.3) is 0 Å². The van der Waals surface area contributed by atoms with Gasteiger partial charge in [0, 0.05) is 32.9 Å². The van der Waals surface area contributed by atoms with Crippen molar-refractivity contribution in [3.05, 3.63) is 0 Å². The van der Waals surface area contributed by atoms with E-state index in [0.717, 1.165) is 13.1 Å². The zero-order valence-corrected chi connectivity index (χ0v) is 17.9. The predicted octanol–water partition coefficient (Wildman–Crippen LogP) is 7.20. The third kappa shape index (κ3) is 17.0. The maximum Gasteiger partial charge on any atom is 0.521 e. The van der Waals surface area contributed by atoms with Gasteiger partial charge in [0.15, 0.2) is 0 Å². The summed E-state index contributed by atoms with van der Waals surface area (Å²) in [6.07, 6.45) is 0.371. The van der Waals surface area contributed by atoms with Gasteiger partial charge >= 0.3 is 14.8 Å². The summed E-state index contributed by atoms with van der Waals surface area (Å²) in [6, 6.07) is 0.295. The van der Waals surface area contributed by atoms with E-state index >= 15 is 0 Å². The molecule has 0 aliphatic heterocycles. The number of rotatable bonds is 14. The molecule has 0 bridgehead atoms. The second-order valence-corrected chi connectivity index (χ2v) is 7.77. The summed E-state index contributed by atoms with van der Waals surface area (Å²) in [7, 11) is -2.84. The summed E-state index contributed by atoms with van der Waals surface area (Å²) >= 11 is 0. The van der Waals surface area contributed by atoms with Crippen LogP contribution in [-0.4, -0.2) is 69.4 Å². The van der Waals surface area contributed by atoms with Gasteiger partial charge in [0.25, 0.3) is 0 Å². The SMILES string of the molecule is C.C.C.C.C.C.C.C.CCOc1nc(NC[Si](OCC)(OCC)OCC)nc(N(CC)CC)n1. The number of hydrogen-bond acceptors (Lipinski definition) is 9. The van der Waals surface area contributed by atoms with E-state index in [1.807, 2.05) is 32.6 Å². The summed E-state index contributed by atoms with van der Waals surface area (Å²) in [6.45, 7) is 15.4. The first-order chi connectivity index (χ1) is 12.6. The largest absolute Gasteiger partial charge is 0.521 e. The molecule has 0 atom stereocenters. The van der Waals surface area contributed by atoms with Crippen LogP contribution < -0.4 is 15.0 Å². The Labute approximate surface area is 216 Å². The summed E-state index contributed by atoms with van der Waals surface area (Å²) < 4.78 is 23.0. The number of nitrogens with zero attached hydrogens (tertiary/aromatic N) is 4. The first-order valence-electron chi connectivity index (χ1n) is 9.37. The number of anilines is 2. The van der Waals surface area contributed by atoms with E-state index in [0.29, 0.717) is 50.5 Å². The molecule has 1 rings (SSSR count). The molecule has 0 amide bonds. The molecule has 1 heterocycles. The zero-order valence-electron chi connectivity index (χ0n) is 16.9. The van der Waals surface area contributed by atoms with Crippen molar-refractivity contribution in [2.45, 2.75) is 101 Å². The number of hydrogen-bond donors (Lipinski definition) is 1. The molecule has 9 nitrogen and oxygen atoms in total. The Morgan fingerprint density at radius 1 is 0.647 bits per heavy atom. The van der Waals surface area contributed by atoms with Crippen molar-refractivity contribution in [1.82, 2.24) is 15.0 Å². The average Bonchev–Trinajstić information content (AvgIpc) is 2.62. The van der Waals surface area contributed by atoms with Gasteiger partial charge in [-0.1, -0.05) is 59.4 Å². The maximum atomic E-state index is 5.85. The lowest BCUT2D eigenvalue weighted by atomic mass is 10.5. The van der Waals surface area contributed by atoms with E-state index in [4.69, 9.17) is 18.0 Å². The van der Waals surface area contributed by atoms with E-state index in [1.165, 1.54) is 0 Å². The van der Waals surface area contributed by atoms with Crippen LogP contribution in [0.1, 0.15) is 101 Å². The third-order valence-corrected chi connectivity index (χ3v) is 6.27. The van der Waals surface area contributed by atoms with Crippen molar-refractivity contribution in [3.63, 3.8) is 0 Å². The molecule has 0 aliphatic carbocycles. The predicted molar refractivity (Wildman–Crippen MR) is 158 cm³/mol. The molecule has 10 heteroatoms. The van der Waals surface area contributed by atoms with Gasteiger partial charge in [-0.3, -0.25) is 0 Å². The fourth-order valence-corrected chi connectivity index (χ4v) is 4.64. The molecule has 34 heavy (non-hydrogen) atoms. The van der Waals surface area contributed by atoms with Crippen LogP contribution in [-0.2, 0) is 13.3 Å². The fraction of sp³-hybridized carbons (Fsp3) is 0.875. The molecule has 0 spiro atoms. The zero-order chi connectivity index (χ0) is 19.4. The van der Waals surface area contributed by atoms with Crippen LogP contribution in [0.5, 0.6) is 6.01 Å². The quantitative estimate of drug-likeness (QED) is 0.258. The lowest BCUT2D eigenvalue weighted by Gasteiger charge is -2.28. The summed E-state index contributed by atoms with van der Waals surface area (Å²) in [4.78, 5) is 15.3. The Hall–Kier alpha value is -1.49. The van der Waals surface area contributed by atoms with E-state index < -0.39 is 8.80 Å². The Kier molecular flexibility index (Phi) is 46.7. The van der Waals surface area contributed by atoms with E-state index in [1.54, 1.807) is 0 Å². The molecule has 0 saturated carbocycles. The molecule has 0 radical (unpaired) electrons. The first-order valence-corrected chi connectivity index (χ1v) is 11.3. The van der Waals surface area contributed by atoms with Gasteiger partial charge in [0.1, 0.15) is 0 Å². The van der Waals surface area contributed by atoms with Crippen molar-refractivity contribution < 1.29 is 18.0 Å². The average molecular weight is 516 g/mol. The summed E-state index contributed by atoms with van der Waals surface area (Å²) in [5.41, 5.74) is 0. The minimum atomic E-state index is -2.84. The Bertz CT molecular complexity index is 507. The minimum Gasteiger partial charge on any atom is -0.464 e. The van der Waals surface area contributed by atoms with Gasteiger partial charge in [0.05, 0.1) is 12.8 Å². The van der Waals surface area contributed by atoms with Gasteiger partial charge in [-0.05, 0) is 41.5 Å². The van der Waals surface area contributed by atoms with Gasteiger partial charge in [0.2, 0.25) is 11.9 Å². The van der Waals surface area contributed by atoms with Gasteiger partial charge < -0.3 is 28.2 Å². The Morgan fingerprint density at radius 2 is 1.09 bits per heavy atom. The van der Waals surface area contributed by atoms with Crippen LogP contribution in [0.2, 0.25) is 0 Å². The van der Waals surface area contributed by atoms with E-state index in [9.17, 15) is 0 Å². The lowest BCUT2D eigenvalue weighted by molar-refractivity contribution is 0.0740. The van der Waals surface area contributed by atoms with Crippen molar-refractivity contribution >= 4 is 20.7 Å². The molecule has 0 unspecified atom stereocenters. The normalized spacial score (nSPS) is 8.76. The topological polar surface area (TPSA) is 90.9 Å². The highest BCUT2D eigenvalue weighted by molar-refractivity contribution is 6.61. The van der Waals surface area contributed by atoms with Crippen LogP contribution in [0.4, 0.5) is 11.9 Å². The molecule has 1 aromatic heterocycles. The van der Waals surface area contributed by atoms with Crippen molar-refractivity contribution in [2.24, 2.45) is 0 Å². The minimum absolute atomic E-state index is 0. The summed E-state index contributed by atoms with van der Waals surface area (Å²) in [5, 5.41) is 3.20. The lowest BCUT2D eigenvalue weighted by Crippen LogP contribution is -2.52. The van der Waals surface area contributed by atoms with Crippen LogP contribution in [0.3, 0.4) is 0 Å². The van der Waals surface area contributed by atoms with Gasteiger partial charge in [-0.2, -0.15) is 15.0 Å². The highest BCUT2D eigenvalue weighted by Crippen LogP contribution is 2.17. The molecule has 1 N–H and O–H groups in total. The van der Waals surface area contributed by atoms with Crippen LogP contribution in [0, 0.1) is 0 Å². The molecule has 0 aliphatic rings. The van der Waals surface area contributed by atoms with E-state index in [-0.39, 0.29) is 59.4 Å². The molecule has 1 aromatic rings. The molecular weight excluding hydrogens is 450 g/mol. The number of aromatic nitrogens is 3. The van der Waals surface area contributed by atoms with Crippen molar-refractivity contribution in [3.8, 4) is 6.01 Å². The molecule has 214 valence electrons. The molecule has 0 aromatic carbocycles. The number of nitrogens with one attached hydrogen (secondary N) is 1. The van der Waals surface area contributed by atoms with Gasteiger partial charge in [-0.25, -0.2) is 0 Å². The first kappa shape index (κ1) is 53.7. The Morgan fingerprint density at radius 3 is 1.44 bits per heavy atom. The number of ether oxygens (including phenoxy) is 1.